The number of aryl methyl sites for hydroxylation is 1. The van der Waals surface area contributed by atoms with Crippen molar-refractivity contribution in [3.05, 3.63) is 45.8 Å². The van der Waals surface area contributed by atoms with E-state index in [0.29, 0.717) is 42.3 Å². The molecule has 1 aromatic carbocycles. The van der Waals surface area contributed by atoms with Gasteiger partial charge in [0.25, 0.3) is 0 Å². The largest absolute Gasteiger partial charge is 0.396 e. The second-order valence-electron chi connectivity index (χ2n) is 10.3. The first-order valence-corrected chi connectivity index (χ1v) is 13.1. The number of nitrogens with one attached hydrogen (secondary N) is 1. The van der Waals surface area contributed by atoms with Crippen LogP contribution in [0, 0.1) is 18.8 Å². The Morgan fingerprint density at radius 1 is 1.20 bits per heavy atom. The summed E-state index contributed by atoms with van der Waals surface area (Å²) in [6.45, 7) is 4.12. The molecule has 1 aliphatic heterocycles. The maximum absolute atomic E-state index is 13.9. The number of anilines is 2. The molecule has 2 heterocycles. The number of carbonyl (C=O) groups is 2. The Kier molecular flexibility index (Phi) is 7.68. The standard InChI is InChI=1S/C26H38N6O2S/c1-16-7-5-6-8-17(16)15-32(26(34)29-9-10-30(2)3)25(33)19-11-18-12-20-22(35-24(28)23(20)27)13-21(18)31(4)14-19/h5-8,18-19,21H,9-15,27-28H2,1-4H3,(H,29,34)/t18-,19-,21-/m1/s1. The lowest BCUT2D eigenvalue weighted by molar-refractivity contribution is -0.136. The zero-order valence-corrected chi connectivity index (χ0v) is 22.0. The molecule has 2 aromatic rings. The molecule has 0 spiro atoms. The van der Waals surface area contributed by atoms with Crippen LogP contribution in [0.15, 0.2) is 24.3 Å². The number of amides is 3. The third kappa shape index (κ3) is 5.47. The summed E-state index contributed by atoms with van der Waals surface area (Å²) < 4.78 is 0. The van der Waals surface area contributed by atoms with E-state index in [1.807, 2.05) is 50.2 Å². The van der Waals surface area contributed by atoms with Crippen molar-refractivity contribution in [1.29, 1.82) is 0 Å². The number of imide groups is 1. The van der Waals surface area contributed by atoms with Gasteiger partial charge >= 0.3 is 6.03 Å². The number of nitrogen functional groups attached to an aromatic ring is 2. The van der Waals surface area contributed by atoms with Gasteiger partial charge in [-0.15, -0.1) is 11.3 Å². The minimum absolute atomic E-state index is 0.107. The number of benzene rings is 1. The lowest BCUT2D eigenvalue weighted by Crippen LogP contribution is -2.55. The Morgan fingerprint density at radius 3 is 2.66 bits per heavy atom. The Bertz CT molecular complexity index is 1080. The molecule has 0 unspecified atom stereocenters. The number of rotatable bonds is 6. The number of urea groups is 1. The van der Waals surface area contributed by atoms with Gasteiger partial charge in [-0.1, -0.05) is 24.3 Å². The van der Waals surface area contributed by atoms with E-state index in [1.165, 1.54) is 9.78 Å². The fraction of sp³-hybridized carbons (Fsp3) is 0.538. The number of hydrogen-bond acceptors (Lipinski definition) is 7. The molecule has 35 heavy (non-hydrogen) atoms. The smallest absolute Gasteiger partial charge is 0.324 e. The van der Waals surface area contributed by atoms with Gasteiger partial charge in [-0.05, 0) is 69.9 Å². The number of hydrogen-bond donors (Lipinski definition) is 3. The molecular formula is C26H38N6O2S. The van der Waals surface area contributed by atoms with Crippen LogP contribution in [0.4, 0.5) is 15.5 Å². The van der Waals surface area contributed by atoms with Crippen LogP contribution in [0.5, 0.6) is 0 Å². The van der Waals surface area contributed by atoms with Gasteiger partial charge in [0.15, 0.2) is 0 Å². The fourth-order valence-electron chi connectivity index (χ4n) is 5.46. The van der Waals surface area contributed by atoms with Crippen molar-refractivity contribution in [1.82, 2.24) is 20.0 Å². The van der Waals surface area contributed by atoms with E-state index >= 15 is 0 Å². The van der Waals surface area contributed by atoms with Crippen LogP contribution in [0.2, 0.25) is 0 Å². The first kappa shape index (κ1) is 25.5. The summed E-state index contributed by atoms with van der Waals surface area (Å²) in [5.74, 6) is -0.0447. The van der Waals surface area contributed by atoms with Gasteiger partial charge in [-0.25, -0.2) is 4.79 Å². The molecule has 2 aliphatic rings. The molecule has 4 rings (SSSR count). The molecule has 5 N–H and O–H groups in total. The maximum atomic E-state index is 13.9. The number of nitrogens with two attached hydrogens (primary N) is 2. The van der Waals surface area contributed by atoms with Gasteiger partial charge in [0.1, 0.15) is 5.00 Å². The predicted octanol–water partition coefficient (Wildman–Crippen LogP) is 2.56. The Labute approximate surface area is 212 Å². The van der Waals surface area contributed by atoms with Crippen molar-refractivity contribution in [2.24, 2.45) is 11.8 Å². The molecule has 1 aromatic heterocycles. The number of nitrogens with zero attached hydrogens (tertiary/aromatic N) is 3. The Hall–Kier alpha value is -2.62. The molecule has 3 amide bonds. The Morgan fingerprint density at radius 2 is 1.94 bits per heavy atom. The quantitative estimate of drug-likeness (QED) is 0.565. The highest BCUT2D eigenvalue weighted by atomic mass is 32.1. The second-order valence-corrected chi connectivity index (χ2v) is 11.4. The topological polar surface area (TPSA) is 108 Å². The van der Waals surface area contributed by atoms with Crippen LogP contribution in [0.3, 0.4) is 0 Å². The molecule has 3 atom stereocenters. The maximum Gasteiger partial charge on any atom is 0.324 e. The average Bonchev–Trinajstić information content (AvgIpc) is 3.09. The van der Waals surface area contributed by atoms with Crippen LogP contribution in [-0.2, 0) is 24.2 Å². The summed E-state index contributed by atoms with van der Waals surface area (Å²) in [5.41, 5.74) is 16.3. The van der Waals surface area contributed by atoms with Crippen LogP contribution >= 0.6 is 11.3 Å². The van der Waals surface area contributed by atoms with Crippen molar-refractivity contribution in [2.75, 3.05) is 52.2 Å². The number of piperidine rings is 1. The van der Waals surface area contributed by atoms with Crippen molar-refractivity contribution in [3.8, 4) is 0 Å². The molecule has 190 valence electrons. The lowest BCUT2D eigenvalue weighted by Gasteiger charge is -2.45. The first-order valence-electron chi connectivity index (χ1n) is 12.3. The summed E-state index contributed by atoms with van der Waals surface area (Å²) in [6.07, 6.45) is 2.50. The van der Waals surface area contributed by atoms with E-state index < -0.39 is 0 Å². The van der Waals surface area contributed by atoms with Crippen molar-refractivity contribution in [3.63, 3.8) is 0 Å². The van der Waals surface area contributed by atoms with Crippen LogP contribution in [-0.4, -0.2) is 73.5 Å². The minimum atomic E-state index is -0.328. The van der Waals surface area contributed by atoms with Gasteiger partial charge in [0.2, 0.25) is 5.91 Å². The molecule has 9 heteroatoms. The summed E-state index contributed by atoms with van der Waals surface area (Å²) >= 11 is 1.60. The molecule has 8 nitrogen and oxygen atoms in total. The Balaban J connectivity index is 1.53. The normalized spacial score (nSPS) is 21.9. The van der Waals surface area contributed by atoms with E-state index in [-0.39, 0.29) is 24.4 Å². The number of carbonyl (C=O) groups excluding carboxylic acids is 2. The van der Waals surface area contributed by atoms with Crippen molar-refractivity contribution in [2.45, 2.75) is 38.8 Å². The average molecular weight is 499 g/mol. The highest BCUT2D eigenvalue weighted by molar-refractivity contribution is 7.16. The minimum Gasteiger partial charge on any atom is -0.396 e. The summed E-state index contributed by atoms with van der Waals surface area (Å²) in [6, 6.07) is 7.95. The van der Waals surface area contributed by atoms with E-state index in [9.17, 15) is 9.59 Å². The highest BCUT2D eigenvalue weighted by Crippen LogP contribution is 2.44. The predicted molar refractivity (Wildman–Crippen MR) is 142 cm³/mol. The van der Waals surface area contributed by atoms with Crippen molar-refractivity contribution < 1.29 is 9.59 Å². The van der Waals surface area contributed by atoms with Crippen molar-refractivity contribution >= 4 is 34.0 Å². The van der Waals surface area contributed by atoms with E-state index in [0.717, 1.165) is 36.0 Å². The molecule has 1 saturated heterocycles. The zero-order valence-electron chi connectivity index (χ0n) is 21.2. The number of thiophene rings is 1. The second kappa shape index (κ2) is 10.6. The molecule has 0 radical (unpaired) electrons. The van der Waals surface area contributed by atoms with E-state index in [1.54, 1.807) is 11.3 Å². The molecule has 0 saturated carbocycles. The number of likely N-dealkylation sites (N-methyl/N-ethyl adjacent to an activating group) is 2. The lowest BCUT2D eigenvalue weighted by atomic mass is 9.74. The molecule has 1 aliphatic carbocycles. The summed E-state index contributed by atoms with van der Waals surface area (Å²) in [5, 5.41) is 3.64. The third-order valence-corrected chi connectivity index (χ3v) is 8.61. The zero-order chi connectivity index (χ0) is 25.3. The highest BCUT2D eigenvalue weighted by Gasteiger charge is 2.43. The fourth-order valence-corrected chi connectivity index (χ4v) is 6.53. The molecule has 1 fully saturated rings. The van der Waals surface area contributed by atoms with E-state index in [4.69, 9.17) is 11.5 Å². The summed E-state index contributed by atoms with van der Waals surface area (Å²) in [4.78, 5) is 34.1. The van der Waals surface area contributed by atoms with Gasteiger partial charge in [-0.2, -0.15) is 0 Å². The SMILES string of the molecule is Cc1ccccc1CN(C(=O)NCCN(C)C)C(=O)[C@@H]1C[C@@H]2Cc3c(sc(N)c3N)C[C@H]2N(C)C1. The van der Waals surface area contributed by atoms with Gasteiger partial charge in [-0.3, -0.25) is 9.69 Å². The summed E-state index contributed by atoms with van der Waals surface area (Å²) in [7, 11) is 6.01. The first-order chi connectivity index (χ1) is 16.7. The number of likely N-dealkylation sites (tertiary alicyclic amines) is 1. The van der Waals surface area contributed by atoms with Gasteiger partial charge < -0.3 is 26.6 Å². The molecular weight excluding hydrogens is 460 g/mol. The van der Waals surface area contributed by atoms with Crippen LogP contribution in [0.25, 0.3) is 0 Å². The van der Waals surface area contributed by atoms with E-state index in [2.05, 4.69) is 17.3 Å². The van der Waals surface area contributed by atoms with Crippen LogP contribution in [0.1, 0.15) is 28.0 Å². The molecule has 0 bridgehead atoms. The van der Waals surface area contributed by atoms with Crippen LogP contribution < -0.4 is 16.8 Å². The van der Waals surface area contributed by atoms with Gasteiger partial charge in [0.05, 0.1) is 18.2 Å². The monoisotopic (exact) mass is 498 g/mol. The number of fused-ring (bicyclic) bond motifs is 2. The third-order valence-electron chi connectivity index (χ3n) is 7.51. The van der Waals surface area contributed by atoms with Gasteiger partial charge in [0, 0.05) is 30.6 Å².